The predicted octanol–water partition coefficient (Wildman–Crippen LogP) is -2.61. The Labute approximate surface area is 188 Å². The molecule has 0 aliphatic carbocycles. The van der Waals surface area contributed by atoms with Crippen molar-refractivity contribution in [2.24, 2.45) is 5.73 Å². The van der Waals surface area contributed by atoms with E-state index in [4.69, 9.17) is 10.8 Å². The lowest BCUT2D eigenvalue weighted by Crippen LogP contribution is -2.57. The van der Waals surface area contributed by atoms with E-state index < -0.39 is 55.0 Å². The molecule has 3 atom stereocenters. The summed E-state index contributed by atoms with van der Waals surface area (Å²) in [7, 11) is 0. The lowest BCUT2D eigenvalue weighted by atomic mass is 10.0. The molecule has 2 rings (SSSR count). The highest BCUT2D eigenvalue weighted by Gasteiger charge is 2.28. The van der Waals surface area contributed by atoms with Crippen molar-refractivity contribution < 1.29 is 34.5 Å². The van der Waals surface area contributed by atoms with Crippen LogP contribution in [0.5, 0.6) is 5.75 Å². The molecule has 13 heteroatoms. The van der Waals surface area contributed by atoms with Crippen molar-refractivity contribution >= 4 is 23.7 Å². The molecular formula is C20H26N6O7. The highest BCUT2D eigenvalue weighted by Crippen LogP contribution is 2.11. The largest absolute Gasteiger partial charge is 0.508 e. The summed E-state index contributed by atoms with van der Waals surface area (Å²) in [5.74, 6) is -3.62. The van der Waals surface area contributed by atoms with E-state index in [1.165, 1.54) is 36.8 Å². The zero-order chi connectivity index (χ0) is 24.4. The summed E-state index contributed by atoms with van der Waals surface area (Å²) in [5.41, 5.74) is 7.00. The number of aromatic hydroxyl groups is 1. The van der Waals surface area contributed by atoms with Gasteiger partial charge in [0, 0.05) is 24.7 Å². The number of imidazole rings is 1. The van der Waals surface area contributed by atoms with Gasteiger partial charge in [0.1, 0.15) is 24.4 Å². The number of aromatic amines is 1. The van der Waals surface area contributed by atoms with Crippen molar-refractivity contribution in [2.45, 2.75) is 31.0 Å². The van der Waals surface area contributed by atoms with Crippen LogP contribution in [0.15, 0.2) is 36.8 Å². The van der Waals surface area contributed by atoms with Crippen LogP contribution in [0.1, 0.15) is 11.3 Å². The molecule has 1 aromatic carbocycles. The SMILES string of the molecule is NC(Cc1cnc[nH]1)C(=O)NC(CO)C(=O)NC(Cc1ccc(O)cc1)C(=O)NCC(=O)O. The smallest absolute Gasteiger partial charge is 0.322 e. The standard InChI is InChI=1S/C20H26N6O7/c21-14(6-12-7-22-10-24-12)18(31)26-16(9-27)20(33)25-15(19(32)23-8-17(29)30)5-11-1-3-13(28)4-2-11/h1-4,7,10,14-16,27-28H,5-6,8-9,21H2,(H,22,24)(H,23,32)(H,25,33)(H,26,31)(H,29,30). The highest BCUT2D eigenvalue weighted by atomic mass is 16.4. The fraction of sp³-hybridized carbons (Fsp3) is 0.350. The number of benzene rings is 1. The van der Waals surface area contributed by atoms with E-state index in [1.807, 2.05) is 0 Å². The Morgan fingerprint density at radius 3 is 2.24 bits per heavy atom. The van der Waals surface area contributed by atoms with Crippen molar-refractivity contribution in [3.63, 3.8) is 0 Å². The number of aliphatic carboxylic acids is 1. The number of carboxylic acids is 1. The summed E-state index contributed by atoms with van der Waals surface area (Å²) in [4.78, 5) is 54.8. The fourth-order valence-electron chi connectivity index (χ4n) is 2.83. The molecule has 9 N–H and O–H groups in total. The number of carbonyl (C=O) groups is 4. The molecule has 0 spiro atoms. The molecule has 0 bridgehead atoms. The van der Waals surface area contributed by atoms with Crippen LogP contribution in [-0.4, -0.2) is 80.3 Å². The molecule has 0 aliphatic rings. The summed E-state index contributed by atoms with van der Waals surface area (Å²) < 4.78 is 0. The number of nitrogens with two attached hydrogens (primary N) is 1. The van der Waals surface area contributed by atoms with Crippen LogP contribution in [-0.2, 0) is 32.0 Å². The van der Waals surface area contributed by atoms with Gasteiger partial charge in [0.25, 0.3) is 0 Å². The Hall–Kier alpha value is -3.97. The molecule has 0 radical (unpaired) electrons. The Kier molecular flexibility index (Phi) is 9.32. The normalized spacial score (nSPS) is 13.4. The van der Waals surface area contributed by atoms with E-state index in [-0.39, 0.29) is 18.6 Å². The van der Waals surface area contributed by atoms with Crippen LogP contribution in [0.3, 0.4) is 0 Å². The summed E-state index contributed by atoms with van der Waals surface area (Å²) in [5, 5.41) is 34.7. The molecule has 13 nitrogen and oxygen atoms in total. The van der Waals surface area contributed by atoms with Crippen molar-refractivity contribution in [1.29, 1.82) is 0 Å². The molecule has 3 unspecified atom stereocenters. The van der Waals surface area contributed by atoms with Crippen LogP contribution in [0.2, 0.25) is 0 Å². The first-order chi connectivity index (χ1) is 15.7. The first-order valence-electron chi connectivity index (χ1n) is 9.91. The zero-order valence-electron chi connectivity index (χ0n) is 17.5. The van der Waals surface area contributed by atoms with Gasteiger partial charge in [-0.2, -0.15) is 0 Å². The molecule has 1 aromatic heterocycles. The van der Waals surface area contributed by atoms with Gasteiger partial charge in [0.15, 0.2) is 0 Å². The number of aliphatic hydroxyl groups is 1. The maximum absolute atomic E-state index is 12.7. The number of rotatable bonds is 12. The van der Waals surface area contributed by atoms with E-state index in [2.05, 4.69) is 25.9 Å². The highest BCUT2D eigenvalue weighted by molar-refractivity contribution is 5.93. The van der Waals surface area contributed by atoms with Gasteiger partial charge < -0.3 is 42.0 Å². The van der Waals surface area contributed by atoms with E-state index in [1.54, 1.807) is 0 Å². The summed E-state index contributed by atoms with van der Waals surface area (Å²) in [6, 6.07) is 2.18. The quantitative estimate of drug-likeness (QED) is 0.165. The Bertz CT molecular complexity index is 948. The number of hydrogen-bond acceptors (Lipinski definition) is 8. The maximum Gasteiger partial charge on any atom is 0.322 e. The molecule has 0 fully saturated rings. The molecule has 33 heavy (non-hydrogen) atoms. The number of carbonyl (C=O) groups excluding carboxylic acids is 3. The minimum absolute atomic E-state index is 0.00388. The third-order valence-electron chi connectivity index (χ3n) is 4.57. The van der Waals surface area contributed by atoms with E-state index >= 15 is 0 Å². The number of phenols is 1. The van der Waals surface area contributed by atoms with E-state index in [0.29, 0.717) is 11.3 Å². The van der Waals surface area contributed by atoms with Crippen molar-refractivity contribution in [3.05, 3.63) is 48.0 Å². The number of nitrogens with one attached hydrogen (secondary N) is 4. The summed E-state index contributed by atoms with van der Waals surface area (Å²) in [6.07, 6.45) is 3.00. The van der Waals surface area contributed by atoms with Gasteiger partial charge in [-0.3, -0.25) is 19.2 Å². The second kappa shape index (κ2) is 12.2. The number of amides is 3. The predicted molar refractivity (Wildman–Crippen MR) is 114 cm³/mol. The number of aromatic nitrogens is 2. The Balaban J connectivity index is 2.05. The molecule has 0 aliphatic heterocycles. The van der Waals surface area contributed by atoms with Gasteiger partial charge in [-0.05, 0) is 17.7 Å². The fourth-order valence-corrected chi connectivity index (χ4v) is 2.83. The second-order valence-corrected chi connectivity index (χ2v) is 7.17. The van der Waals surface area contributed by atoms with Crippen LogP contribution in [0.4, 0.5) is 0 Å². The molecule has 2 aromatic rings. The average molecular weight is 462 g/mol. The first kappa shape index (κ1) is 25.3. The number of aliphatic hydroxyl groups excluding tert-OH is 1. The van der Waals surface area contributed by atoms with Crippen LogP contribution in [0.25, 0.3) is 0 Å². The molecule has 3 amide bonds. The number of carboxylic acid groups (broad SMARTS) is 1. The van der Waals surface area contributed by atoms with Gasteiger partial charge >= 0.3 is 5.97 Å². The maximum atomic E-state index is 12.7. The lowest BCUT2D eigenvalue weighted by molar-refractivity contribution is -0.138. The van der Waals surface area contributed by atoms with E-state index in [9.17, 15) is 29.4 Å². The van der Waals surface area contributed by atoms with Gasteiger partial charge in [0.05, 0.1) is 19.0 Å². The monoisotopic (exact) mass is 462 g/mol. The Morgan fingerprint density at radius 1 is 1.00 bits per heavy atom. The van der Waals surface area contributed by atoms with Gasteiger partial charge in [-0.25, -0.2) is 4.98 Å². The Morgan fingerprint density at radius 2 is 1.67 bits per heavy atom. The number of hydrogen-bond donors (Lipinski definition) is 8. The minimum Gasteiger partial charge on any atom is -0.508 e. The number of phenolic OH excluding ortho intramolecular Hbond substituents is 1. The van der Waals surface area contributed by atoms with Crippen LogP contribution < -0.4 is 21.7 Å². The van der Waals surface area contributed by atoms with E-state index in [0.717, 1.165) is 0 Å². The minimum atomic E-state index is -1.40. The first-order valence-corrected chi connectivity index (χ1v) is 9.91. The molecule has 0 saturated carbocycles. The zero-order valence-corrected chi connectivity index (χ0v) is 17.5. The van der Waals surface area contributed by atoms with Gasteiger partial charge in [0.2, 0.25) is 17.7 Å². The average Bonchev–Trinajstić information content (AvgIpc) is 3.29. The molecule has 178 valence electrons. The number of nitrogens with zero attached hydrogens (tertiary/aromatic N) is 1. The lowest BCUT2D eigenvalue weighted by Gasteiger charge is -2.23. The third-order valence-corrected chi connectivity index (χ3v) is 4.57. The van der Waals surface area contributed by atoms with Crippen LogP contribution >= 0.6 is 0 Å². The topological polar surface area (TPSA) is 220 Å². The van der Waals surface area contributed by atoms with Gasteiger partial charge in [-0.1, -0.05) is 12.1 Å². The van der Waals surface area contributed by atoms with Crippen molar-refractivity contribution in [1.82, 2.24) is 25.9 Å². The number of H-pyrrole nitrogens is 1. The summed E-state index contributed by atoms with van der Waals surface area (Å²) >= 11 is 0. The second-order valence-electron chi connectivity index (χ2n) is 7.17. The molecule has 0 saturated heterocycles. The molecular weight excluding hydrogens is 436 g/mol. The third kappa shape index (κ3) is 8.23. The molecule has 1 heterocycles. The van der Waals surface area contributed by atoms with Crippen LogP contribution in [0, 0.1) is 0 Å². The van der Waals surface area contributed by atoms with Gasteiger partial charge in [-0.15, -0.1) is 0 Å². The van der Waals surface area contributed by atoms with Crippen molar-refractivity contribution in [3.8, 4) is 5.75 Å². The summed E-state index contributed by atoms with van der Waals surface area (Å²) in [6.45, 7) is -1.43. The van der Waals surface area contributed by atoms with Crippen molar-refractivity contribution in [2.75, 3.05) is 13.2 Å².